The molecule has 2 aliphatic heterocycles. The van der Waals surface area contributed by atoms with Crippen LogP contribution in [0.2, 0.25) is 0 Å². The molecule has 0 aromatic heterocycles. The highest BCUT2D eigenvalue weighted by Crippen LogP contribution is 2.48. The van der Waals surface area contributed by atoms with E-state index in [-0.39, 0.29) is 45.7 Å². The van der Waals surface area contributed by atoms with Crippen LogP contribution in [0.3, 0.4) is 0 Å². The molecule has 0 saturated carbocycles. The van der Waals surface area contributed by atoms with Crippen molar-refractivity contribution in [2.24, 2.45) is 5.92 Å². The van der Waals surface area contributed by atoms with Crippen LogP contribution in [-0.4, -0.2) is 63.4 Å². The number of fused-ring (bicyclic) bond motifs is 4. The topological polar surface area (TPSA) is 152 Å². The third-order valence-corrected chi connectivity index (χ3v) is 7.91. The Morgan fingerprint density at radius 2 is 1.41 bits per heavy atom. The van der Waals surface area contributed by atoms with E-state index in [4.69, 9.17) is 18.9 Å². The Labute approximate surface area is 236 Å². The molecular formula is C31H32O10. The van der Waals surface area contributed by atoms with Crippen molar-refractivity contribution >= 4 is 11.9 Å². The summed E-state index contributed by atoms with van der Waals surface area (Å²) in [5, 5.41) is 43.1. The number of phenolic OH excluding ortho intramolecular Hbond substituents is 4. The molecule has 3 aromatic carbocycles. The number of hydrogen-bond acceptors (Lipinski definition) is 10. The van der Waals surface area contributed by atoms with Crippen LogP contribution in [0.15, 0.2) is 42.5 Å². The van der Waals surface area contributed by atoms with Crippen molar-refractivity contribution in [2.45, 2.75) is 58.7 Å². The van der Waals surface area contributed by atoms with Crippen LogP contribution < -0.4 is 0 Å². The molecule has 3 aromatic rings. The van der Waals surface area contributed by atoms with Crippen molar-refractivity contribution in [1.82, 2.24) is 0 Å². The second-order valence-corrected chi connectivity index (χ2v) is 10.6. The van der Waals surface area contributed by atoms with Gasteiger partial charge in [-0.15, -0.1) is 0 Å². The van der Waals surface area contributed by atoms with Crippen molar-refractivity contribution in [1.29, 1.82) is 0 Å². The van der Waals surface area contributed by atoms with Gasteiger partial charge in [0, 0.05) is 28.2 Å². The largest absolute Gasteiger partial charge is 0.508 e. The van der Waals surface area contributed by atoms with Crippen molar-refractivity contribution in [3.05, 3.63) is 70.3 Å². The summed E-state index contributed by atoms with van der Waals surface area (Å²) < 4.78 is 23.9. The second kappa shape index (κ2) is 10.9. The number of cyclic esters (lactones) is 1. The van der Waals surface area contributed by atoms with Gasteiger partial charge in [-0.05, 0) is 38.5 Å². The second-order valence-electron chi connectivity index (χ2n) is 10.6. The van der Waals surface area contributed by atoms with Crippen LogP contribution in [0.4, 0.5) is 0 Å². The van der Waals surface area contributed by atoms with Crippen molar-refractivity contribution in [2.75, 3.05) is 6.61 Å². The highest BCUT2D eigenvalue weighted by Gasteiger charge is 2.46. The molecule has 10 nitrogen and oxygen atoms in total. The third-order valence-electron chi connectivity index (χ3n) is 7.91. The minimum atomic E-state index is -0.948. The van der Waals surface area contributed by atoms with E-state index in [1.165, 1.54) is 13.8 Å². The quantitative estimate of drug-likeness (QED) is 0.335. The van der Waals surface area contributed by atoms with E-state index >= 15 is 0 Å². The van der Waals surface area contributed by atoms with Crippen LogP contribution in [-0.2, 0) is 25.6 Å². The predicted octanol–water partition coefficient (Wildman–Crippen LogP) is 4.50. The van der Waals surface area contributed by atoms with Crippen LogP contribution in [0.5, 0.6) is 23.0 Å². The lowest BCUT2D eigenvalue weighted by Crippen LogP contribution is -2.56. The molecule has 1 saturated heterocycles. The maximum atomic E-state index is 13.8. The number of carbonyl (C=O) groups excluding carboxylic acids is 2. The molecule has 0 amide bonds. The molecule has 0 aliphatic carbocycles. The number of aromatic hydroxyl groups is 4. The zero-order valence-electron chi connectivity index (χ0n) is 23.1. The molecule has 2 aliphatic rings. The summed E-state index contributed by atoms with van der Waals surface area (Å²) in [7, 11) is 0. The first-order valence-corrected chi connectivity index (χ1v) is 13.3. The van der Waals surface area contributed by atoms with E-state index < -0.39 is 59.5 Å². The van der Waals surface area contributed by atoms with Gasteiger partial charge in [0.25, 0.3) is 0 Å². The lowest BCUT2D eigenvalue weighted by molar-refractivity contribution is -0.216. The van der Waals surface area contributed by atoms with E-state index in [1.807, 2.05) is 44.2 Å². The molecular weight excluding hydrogens is 532 g/mol. The first kappa shape index (κ1) is 28.3. The summed E-state index contributed by atoms with van der Waals surface area (Å²) in [6.07, 6.45) is -2.78. The van der Waals surface area contributed by atoms with Crippen molar-refractivity contribution < 1.29 is 49.0 Å². The van der Waals surface area contributed by atoms with Gasteiger partial charge in [-0.1, -0.05) is 37.3 Å². The lowest BCUT2D eigenvalue weighted by Gasteiger charge is -2.43. The maximum absolute atomic E-state index is 13.8. The van der Waals surface area contributed by atoms with Gasteiger partial charge in [0.05, 0.1) is 29.9 Å². The number of hydrogen-bond donors (Lipinski definition) is 4. The van der Waals surface area contributed by atoms with Gasteiger partial charge in [0.15, 0.2) is 0 Å². The lowest BCUT2D eigenvalue weighted by atomic mass is 9.87. The molecule has 10 heteroatoms. The minimum absolute atomic E-state index is 0.00584. The summed E-state index contributed by atoms with van der Waals surface area (Å²) in [6, 6.07) is 11.8. The van der Waals surface area contributed by atoms with Crippen LogP contribution in [0.25, 0.3) is 11.1 Å². The van der Waals surface area contributed by atoms with Crippen LogP contribution in [0.1, 0.15) is 51.3 Å². The zero-order valence-corrected chi connectivity index (χ0v) is 23.1. The Kier molecular flexibility index (Phi) is 7.54. The first-order chi connectivity index (χ1) is 19.5. The normalized spacial score (nSPS) is 24.2. The monoisotopic (exact) mass is 564 g/mol. The van der Waals surface area contributed by atoms with Gasteiger partial charge in [0.2, 0.25) is 0 Å². The fourth-order valence-electron chi connectivity index (χ4n) is 5.51. The Morgan fingerprint density at radius 1 is 0.854 bits per heavy atom. The number of phenols is 4. The molecule has 216 valence electrons. The number of carbonyl (C=O) groups is 2. The van der Waals surface area contributed by atoms with Crippen molar-refractivity contribution in [3.63, 3.8) is 0 Å². The summed E-state index contributed by atoms with van der Waals surface area (Å²) in [5.74, 6) is -4.16. The van der Waals surface area contributed by atoms with E-state index in [2.05, 4.69) is 0 Å². The number of ether oxygens (including phenoxy) is 4. The zero-order chi connectivity index (χ0) is 29.6. The molecule has 4 N–H and O–H groups in total. The van der Waals surface area contributed by atoms with Gasteiger partial charge < -0.3 is 39.4 Å². The fraction of sp³-hybridized carbons (Fsp3) is 0.355. The van der Waals surface area contributed by atoms with E-state index in [0.717, 1.165) is 17.7 Å². The molecule has 0 bridgehead atoms. The summed E-state index contributed by atoms with van der Waals surface area (Å²) >= 11 is 0. The summed E-state index contributed by atoms with van der Waals surface area (Å²) in [6.45, 7) is 6.47. The summed E-state index contributed by atoms with van der Waals surface area (Å²) in [4.78, 5) is 27.2. The average Bonchev–Trinajstić information content (AvgIpc) is 2.96. The Morgan fingerprint density at radius 3 is 2.00 bits per heavy atom. The SMILES string of the molecule is Cc1c(O)cc2c(c1O)-c1c(cc(O)c(C)c1O)C(=O)OC1C(COC2=O)OC(C)C(OCc2ccccc2)C1C. The highest BCUT2D eigenvalue weighted by atomic mass is 16.6. The maximum Gasteiger partial charge on any atom is 0.339 e. The van der Waals surface area contributed by atoms with Crippen LogP contribution in [0, 0.1) is 19.8 Å². The molecule has 5 atom stereocenters. The van der Waals surface area contributed by atoms with E-state index in [1.54, 1.807) is 0 Å². The van der Waals surface area contributed by atoms with Gasteiger partial charge in [-0.3, -0.25) is 0 Å². The molecule has 41 heavy (non-hydrogen) atoms. The third kappa shape index (κ3) is 5.05. The predicted molar refractivity (Wildman–Crippen MR) is 146 cm³/mol. The molecule has 5 rings (SSSR count). The molecule has 2 heterocycles. The van der Waals surface area contributed by atoms with Gasteiger partial charge in [-0.2, -0.15) is 0 Å². The fourth-order valence-corrected chi connectivity index (χ4v) is 5.51. The first-order valence-electron chi connectivity index (χ1n) is 13.3. The number of esters is 2. The van der Waals surface area contributed by atoms with Crippen LogP contribution >= 0.6 is 0 Å². The number of benzene rings is 3. The van der Waals surface area contributed by atoms with Gasteiger partial charge in [0.1, 0.15) is 41.8 Å². The highest BCUT2D eigenvalue weighted by molar-refractivity contribution is 6.07. The Hall–Kier alpha value is -4.28. The Balaban J connectivity index is 1.60. The summed E-state index contributed by atoms with van der Waals surface area (Å²) in [5.41, 5.74) is -0.110. The average molecular weight is 565 g/mol. The Bertz CT molecular complexity index is 1500. The van der Waals surface area contributed by atoms with Gasteiger partial charge >= 0.3 is 11.9 Å². The molecule has 0 radical (unpaired) electrons. The molecule has 5 unspecified atom stereocenters. The standard InChI is InChI=1S/C31H32O10/c1-14-21(32)10-19-24(26(14)34)25-20(11-22(33)15(2)27(25)35)31(37)41-29-16(3)28(38-12-18-8-6-5-7-9-18)17(4)40-23(29)13-39-30(19)36/h5-11,16-17,23,28-29,32-35H,12-13H2,1-4H3. The van der Waals surface area contributed by atoms with Gasteiger partial charge in [-0.25, -0.2) is 9.59 Å². The van der Waals surface area contributed by atoms with Crippen molar-refractivity contribution in [3.8, 4) is 34.1 Å². The molecule has 0 spiro atoms. The number of rotatable bonds is 3. The molecule has 1 fully saturated rings. The minimum Gasteiger partial charge on any atom is -0.508 e. The van der Waals surface area contributed by atoms with E-state index in [9.17, 15) is 30.0 Å². The smallest absolute Gasteiger partial charge is 0.339 e. The van der Waals surface area contributed by atoms with E-state index in [0.29, 0.717) is 6.61 Å².